The van der Waals surface area contributed by atoms with Gasteiger partial charge in [-0.3, -0.25) is 23.8 Å². The number of carbonyl (C=O) groups is 5. The summed E-state index contributed by atoms with van der Waals surface area (Å²) in [5.74, 6) is -6.82. The van der Waals surface area contributed by atoms with Crippen molar-refractivity contribution in [3.63, 3.8) is 0 Å². The number of ketones is 2. The van der Waals surface area contributed by atoms with Gasteiger partial charge in [0.15, 0.2) is 23.8 Å². The molecule has 0 unspecified atom stereocenters. The average molecular weight is 874 g/mol. The molecule has 3 aliphatic rings. The highest BCUT2D eigenvalue weighted by Crippen LogP contribution is 2.41. The summed E-state index contributed by atoms with van der Waals surface area (Å²) in [6.07, 6.45) is -1.15. The SMILES string of the molecule is C[C@H]1C(=O)O[C@H](CCF)[C@@]2(C)OC(=O)N[C@@H]2[C@@H](C)C(=O)[C@H](C)C[C@@](C)(O/C=C/c2ccc3cccnc3c2)[C@H](O[C@@H]2O[C@H](C)C[C@H](N(C)C)[C@H]2OC(=O)c2ccccc2)[C@@H](C)C1=O. The molecule has 3 fully saturated rings. The van der Waals surface area contributed by atoms with E-state index in [1.165, 1.54) is 20.1 Å². The summed E-state index contributed by atoms with van der Waals surface area (Å²) in [5.41, 5.74) is -1.36. The summed E-state index contributed by atoms with van der Waals surface area (Å²) in [4.78, 5) is 76.4. The van der Waals surface area contributed by atoms with Crippen molar-refractivity contribution in [3.05, 3.63) is 84.2 Å². The Morgan fingerprint density at radius 2 is 1.70 bits per heavy atom. The van der Waals surface area contributed by atoms with Gasteiger partial charge in [0, 0.05) is 35.8 Å². The third kappa shape index (κ3) is 10.3. The van der Waals surface area contributed by atoms with Gasteiger partial charge in [0.2, 0.25) is 0 Å². The van der Waals surface area contributed by atoms with Crippen LogP contribution >= 0.6 is 0 Å². The van der Waals surface area contributed by atoms with E-state index in [-0.39, 0.29) is 18.6 Å². The van der Waals surface area contributed by atoms with E-state index in [0.717, 1.165) is 16.5 Å². The minimum absolute atomic E-state index is 0.0408. The number of Topliss-reactive ketones (excluding diaryl/α,β-unsaturated/α-hetero) is 2. The molecule has 14 nitrogen and oxygen atoms in total. The fraction of sp³-hybridized carbons (Fsp3) is 0.542. The number of likely N-dealkylation sites (N-methyl/N-ethyl adjacent to an activating group) is 1. The van der Waals surface area contributed by atoms with Crippen LogP contribution in [-0.4, -0.2) is 114 Å². The van der Waals surface area contributed by atoms with Crippen LogP contribution in [0, 0.1) is 23.7 Å². The molecule has 0 saturated carbocycles. The van der Waals surface area contributed by atoms with Crippen LogP contribution < -0.4 is 5.32 Å². The fourth-order valence-electron chi connectivity index (χ4n) is 9.39. The molecule has 2 aromatic carbocycles. The van der Waals surface area contributed by atoms with Crippen molar-refractivity contribution in [1.82, 2.24) is 15.2 Å². The van der Waals surface area contributed by atoms with Crippen LogP contribution in [0.15, 0.2) is 73.1 Å². The van der Waals surface area contributed by atoms with E-state index < -0.39 is 108 Å². The summed E-state index contributed by atoms with van der Waals surface area (Å²) in [5, 5.41) is 3.65. The van der Waals surface area contributed by atoms with Crippen LogP contribution in [-0.2, 0) is 42.8 Å². The third-order valence-electron chi connectivity index (χ3n) is 12.9. The van der Waals surface area contributed by atoms with Crippen molar-refractivity contribution in [1.29, 1.82) is 0 Å². The van der Waals surface area contributed by atoms with Gasteiger partial charge in [-0.15, -0.1) is 0 Å². The Morgan fingerprint density at radius 3 is 2.40 bits per heavy atom. The standard InChI is InChI=1S/C48H60FN3O11/c1-27-26-47(6,58-23-20-32-17-18-33-16-13-22-50-35(33)25-32)42(62-45-40(36(52(8)9)24-28(2)59-45)61-44(56)34-14-11-10-12-15-34)30(4)39(54)31(5)43(55)60-37(19-21-49)48(7)41(29(3)38(27)53)51-46(57)63-48/h10-18,20,22-23,25,27-31,36-37,40-42,45H,19,21,24,26H2,1-9H3,(H,51,57)/b23-20+/t27-,28-,29+,30+,31-,36+,37-,40-,41-,42-,45+,47-,48-/m1/s1. The van der Waals surface area contributed by atoms with Gasteiger partial charge >= 0.3 is 18.0 Å². The lowest BCUT2D eigenvalue weighted by Crippen LogP contribution is -2.60. The maximum Gasteiger partial charge on any atom is 0.408 e. The number of halogens is 1. The topological polar surface area (TPSA) is 169 Å². The van der Waals surface area contributed by atoms with Gasteiger partial charge in [-0.1, -0.05) is 57.2 Å². The number of pyridine rings is 1. The van der Waals surface area contributed by atoms with E-state index in [1.807, 2.05) is 56.3 Å². The summed E-state index contributed by atoms with van der Waals surface area (Å²) in [6.45, 7) is 10.5. The third-order valence-corrected chi connectivity index (χ3v) is 12.9. The lowest BCUT2D eigenvalue weighted by Gasteiger charge is -2.47. The molecule has 63 heavy (non-hydrogen) atoms. The fourth-order valence-corrected chi connectivity index (χ4v) is 9.39. The van der Waals surface area contributed by atoms with Gasteiger partial charge in [0.25, 0.3) is 0 Å². The second kappa shape index (κ2) is 19.6. The van der Waals surface area contributed by atoms with E-state index in [0.29, 0.717) is 12.0 Å². The predicted octanol–water partition coefficient (Wildman–Crippen LogP) is 6.88. The van der Waals surface area contributed by atoms with Gasteiger partial charge in [-0.25, -0.2) is 9.59 Å². The van der Waals surface area contributed by atoms with Crippen LogP contribution in [0.2, 0.25) is 0 Å². The number of esters is 2. The molecule has 1 amide bonds. The number of alkyl carbamates (subject to hydrolysis) is 1. The lowest BCUT2D eigenvalue weighted by atomic mass is 9.73. The number of nitrogens with zero attached hydrogens (tertiary/aromatic N) is 2. The first-order valence-electron chi connectivity index (χ1n) is 21.6. The molecule has 4 heterocycles. The van der Waals surface area contributed by atoms with E-state index in [1.54, 1.807) is 70.3 Å². The van der Waals surface area contributed by atoms with Crippen molar-refractivity contribution in [3.8, 4) is 0 Å². The molecular formula is C48H60FN3O11. The molecule has 3 aliphatic heterocycles. The number of nitrogens with one attached hydrogen (secondary N) is 1. The molecule has 0 aliphatic carbocycles. The first-order chi connectivity index (χ1) is 29.9. The normalized spacial score (nSPS) is 34.5. The molecule has 340 valence electrons. The zero-order chi connectivity index (χ0) is 45.8. The minimum atomic E-state index is -1.65. The number of amides is 1. The molecule has 1 N–H and O–H groups in total. The van der Waals surface area contributed by atoms with Gasteiger partial charge in [0.05, 0.1) is 42.2 Å². The van der Waals surface area contributed by atoms with Crippen molar-refractivity contribution in [2.75, 3.05) is 20.8 Å². The Balaban J connectivity index is 1.46. The smallest absolute Gasteiger partial charge is 0.408 e. The highest BCUT2D eigenvalue weighted by molar-refractivity contribution is 6.00. The predicted molar refractivity (Wildman–Crippen MR) is 231 cm³/mol. The molecule has 1 aromatic heterocycles. The number of fused-ring (bicyclic) bond motifs is 2. The first-order valence-corrected chi connectivity index (χ1v) is 21.6. The van der Waals surface area contributed by atoms with Gasteiger partial charge in [-0.05, 0) is 90.5 Å². The number of aromatic nitrogens is 1. The number of benzene rings is 2. The Bertz CT molecular complexity index is 2170. The van der Waals surface area contributed by atoms with Crippen LogP contribution in [0.3, 0.4) is 0 Å². The number of alkyl halides is 1. The number of carbonyl (C=O) groups excluding carboxylic acids is 5. The van der Waals surface area contributed by atoms with Gasteiger partial charge < -0.3 is 38.6 Å². The molecule has 0 radical (unpaired) electrons. The number of hydrogen-bond acceptors (Lipinski definition) is 13. The Kier molecular flexibility index (Phi) is 14.7. The number of ether oxygens (including phenoxy) is 6. The van der Waals surface area contributed by atoms with E-state index in [2.05, 4.69) is 10.3 Å². The molecule has 15 heteroatoms. The molecule has 6 rings (SSSR count). The summed E-state index contributed by atoms with van der Waals surface area (Å²) < 4.78 is 52.2. The molecular weight excluding hydrogens is 814 g/mol. The number of cyclic esters (lactones) is 1. The average Bonchev–Trinajstić information content (AvgIpc) is 3.58. The molecule has 3 aromatic rings. The zero-order valence-corrected chi connectivity index (χ0v) is 37.4. The summed E-state index contributed by atoms with van der Waals surface area (Å²) in [7, 11) is 3.72. The van der Waals surface area contributed by atoms with Crippen LogP contribution in [0.5, 0.6) is 0 Å². The van der Waals surface area contributed by atoms with Crippen molar-refractivity contribution in [2.45, 2.75) is 122 Å². The second-order valence-electron chi connectivity index (χ2n) is 17.9. The molecule has 13 atom stereocenters. The van der Waals surface area contributed by atoms with E-state index in [4.69, 9.17) is 28.4 Å². The van der Waals surface area contributed by atoms with Crippen molar-refractivity contribution < 1.29 is 56.8 Å². The second-order valence-corrected chi connectivity index (χ2v) is 17.9. The van der Waals surface area contributed by atoms with E-state index in [9.17, 15) is 28.4 Å². The maximum atomic E-state index is 14.8. The van der Waals surface area contributed by atoms with Crippen LogP contribution in [0.4, 0.5) is 9.18 Å². The lowest BCUT2D eigenvalue weighted by molar-refractivity contribution is -0.292. The monoisotopic (exact) mass is 873 g/mol. The number of hydrogen-bond donors (Lipinski definition) is 1. The maximum absolute atomic E-state index is 14.8. The Hall–Kier alpha value is -5.25. The van der Waals surface area contributed by atoms with Crippen molar-refractivity contribution in [2.24, 2.45) is 23.7 Å². The minimum Gasteiger partial charge on any atom is -0.492 e. The van der Waals surface area contributed by atoms with Crippen LogP contribution in [0.25, 0.3) is 17.0 Å². The van der Waals surface area contributed by atoms with Crippen LogP contribution in [0.1, 0.15) is 83.7 Å². The molecule has 0 spiro atoms. The Morgan fingerprint density at radius 1 is 0.968 bits per heavy atom. The highest BCUT2D eigenvalue weighted by Gasteiger charge is 2.58. The van der Waals surface area contributed by atoms with E-state index >= 15 is 0 Å². The first kappa shape index (κ1) is 47.2. The van der Waals surface area contributed by atoms with Crippen molar-refractivity contribution >= 4 is 46.6 Å². The Labute approximate surface area is 368 Å². The largest absolute Gasteiger partial charge is 0.492 e. The summed E-state index contributed by atoms with van der Waals surface area (Å²) >= 11 is 0. The zero-order valence-electron chi connectivity index (χ0n) is 37.4. The quantitative estimate of drug-likeness (QED) is 0.0970. The van der Waals surface area contributed by atoms with Gasteiger partial charge in [0.1, 0.15) is 29.5 Å². The number of rotatable bonds is 10. The highest BCUT2D eigenvalue weighted by atomic mass is 19.1. The summed E-state index contributed by atoms with van der Waals surface area (Å²) in [6, 6.07) is 16.6. The molecule has 3 saturated heterocycles. The van der Waals surface area contributed by atoms with Gasteiger partial charge in [-0.2, -0.15) is 0 Å². The molecule has 0 bridgehead atoms.